The van der Waals surface area contributed by atoms with Crippen molar-refractivity contribution in [3.05, 3.63) is 42.5 Å². The van der Waals surface area contributed by atoms with Crippen molar-refractivity contribution in [3.8, 4) is 5.75 Å². The lowest BCUT2D eigenvalue weighted by atomic mass is 10.2. The Kier molecular flexibility index (Phi) is 6.56. The van der Waals surface area contributed by atoms with Crippen molar-refractivity contribution in [1.29, 1.82) is 0 Å². The molecule has 4 amide bonds. The Morgan fingerprint density at radius 1 is 1.26 bits per heavy atom. The SMILES string of the molecule is CN(C(=O)NC(N)=O)c1nc2ccc(OS(=O)(=O)c3ccc(NCC4CCCO4)cc3)cc2[nH]1. The molecule has 1 aliphatic rings. The van der Waals surface area contributed by atoms with Crippen LogP contribution in [0.15, 0.2) is 47.4 Å². The number of benzene rings is 2. The molecule has 1 saturated heterocycles. The van der Waals surface area contributed by atoms with E-state index in [0.717, 1.165) is 30.0 Å². The fourth-order valence-electron chi connectivity index (χ4n) is 3.42. The van der Waals surface area contributed by atoms with Crippen LogP contribution >= 0.6 is 0 Å². The molecule has 0 bridgehead atoms. The molecule has 0 spiro atoms. The Bertz CT molecular complexity index is 1300. The maximum Gasteiger partial charge on any atom is 0.339 e. The molecule has 180 valence electrons. The molecule has 2 heterocycles. The van der Waals surface area contributed by atoms with Crippen LogP contribution < -0.4 is 25.5 Å². The minimum Gasteiger partial charge on any atom is -0.382 e. The van der Waals surface area contributed by atoms with Gasteiger partial charge in [-0.2, -0.15) is 8.42 Å². The number of anilines is 2. The second-order valence-corrected chi connectivity index (χ2v) is 9.22. The number of urea groups is 2. The van der Waals surface area contributed by atoms with Gasteiger partial charge in [0.05, 0.1) is 17.1 Å². The third-order valence-corrected chi connectivity index (χ3v) is 6.46. The van der Waals surface area contributed by atoms with E-state index in [-0.39, 0.29) is 22.7 Å². The molecule has 0 radical (unpaired) electrons. The molecule has 13 heteroatoms. The molecule has 34 heavy (non-hydrogen) atoms. The van der Waals surface area contributed by atoms with E-state index in [0.29, 0.717) is 17.6 Å². The Hall–Kier alpha value is -3.84. The molecule has 1 atom stereocenters. The smallest absolute Gasteiger partial charge is 0.339 e. The topological polar surface area (TPSA) is 169 Å². The van der Waals surface area contributed by atoms with Gasteiger partial charge in [-0.15, -0.1) is 0 Å². The zero-order chi connectivity index (χ0) is 24.3. The van der Waals surface area contributed by atoms with Crippen LogP contribution in [0.3, 0.4) is 0 Å². The van der Waals surface area contributed by atoms with Gasteiger partial charge in [-0.1, -0.05) is 0 Å². The highest BCUT2D eigenvalue weighted by atomic mass is 32.2. The lowest BCUT2D eigenvalue weighted by Gasteiger charge is -2.12. The van der Waals surface area contributed by atoms with Crippen LogP contribution in [-0.4, -0.2) is 56.8 Å². The Labute approximate surface area is 195 Å². The highest BCUT2D eigenvalue weighted by Crippen LogP contribution is 2.25. The average Bonchev–Trinajstić information content (AvgIpc) is 3.46. The zero-order valence-electron chi connectivity index (χ0n) is 18.3. The summed E-state index contributed by atoms with van der Waals surface area (Å²) in [5.74, 6) is 0.187. The largest absolute Gasteiger partial charge is 0.382 e. The Morgan fingerprint density at radius 2 is 2.03 bits per heavy atom. The number of hydrogen-bond donors (Lipinski definition) is 4. The number of nitrogens with two attached hydrogens (primary N) is 1. The van der Waals surface area contributed by atoms with Crippen molar-refractivity contribution < 1.29 is 26.9 Å². The number of fused-ring (bicyclic) bond motifs is 1. The molecule has 1 aliphatic heterocycles. The van der Waals surface area contributed by atoms with E-state index in [1.54, 1.807) is 12.1 Å². The number of nitrogens with zero attached hydrogens (tertiary/aromatic N) is 2. The predicted molar refractivity (Wildman–Crippen MR) is 124 cm³/mol. The van der Waals surface area contributed by atoms with E-state index < -0.39 is 22.2 Å². The van der Waals surface area contributed by atoms with Gasteiger partial charge >= 0.3 is 22.2 Å². The van der Waals surface area contributed by atoms with Gasteiger partial charge in [0.2, 0.25) is 5.95 Å². The van der Waals surface area contributed by atoms with E-state index in [1.807, 2.05) is 5.32 Å². The summed E-state index contributed by atoms with van der Waals surface area (Å²) in [6.07, 6.45) is 2.22. The average molecular weight is 489 g/mol. The van der Waals surface area contributed by atoms with Crippen molar-refractivity contribution >= 4 is 44.8 Å². The molecule has 1 aromatic heterocycles. The number of imide groups is 1. The summed E-state index contributed by atoms with van der Waals surface area (Å²) in [7, 11) is -2.69. The van der Waals surface area contributed by atoms with Crippen LogP contribution in [-0.2, 0) is 14.9 Å². The number of aromatic nitrogens is 2. The number of primary amides is 1. The number of ether oxygens (including phenoxy) is 1. The van der Waals surface area contributed by atoms with Gasteiger partial charge in [0.15, 0.2) is 0 Å². The van der Waals surface area contributed by atoms with Crippen molar-refractivity contribution in [2.24, 2.45) is 5.73 Å². The number of rotatable bonds is 7. The van der Waals surface area contributed by atoms with Gasteiger partial charge in [-0.05, 0) is 49.2 Å². The number of imidazole rings is 1. The van der Waals surface area contributed by atoms with E-state index in [2.05, 4.69) is 15.3 Å². The van der Waals surface area contributed by atoms with Crippen LogP contribution in [0.25, 0.3) is 11.0 Å². The minimum absolute atomic E-state index is 0.00317. The summed E-state index contributed by atoms with van der Waals surface area (Å²) in [5, 5.41) is 5.16. The number of carbonyl (C=O) groups excluding carboxylic acids is 2. The number of carbonyl (C=O) groups is 2. The molecule has 0 aliphatic carbocycles. The number of nitrogens with one attached hydrogen (secondary N) is 3. The molecule has 4 rings (SSSR count). The van der Waals surface area contributed by atoms with Gasteiger partial charge in [-0.3, -0.25) is 10.2 Å². The third-order valence-electron chi connectivity index (χ3n) is 5.20. The van der Waals surface area contributed by atoms with Crippen LogP contribution in [0.2, 0.25) is 0 Å². The van der Waals surface area contributed by atoms with Gasteiger partial charge in [-0.25, -0.2) is 14.6 Å². The molecule has 2 aromatic carbocycles. The third kappa shape index (κ3) is 5.38. The maximum absolute atomic E-state index is 12.7. The zero-order valence-corrected chi connectivity index (χ0v) is 19.1. The first-order chi connectivity index (χ1) is 16.2. The molecule has 5 N–H and O–H groups in total. The second-order valence-electron chi connectivity index (χ2n) is 7.67. The fraction of sp³-hybridized carbons (Fsp3) is 0.286. The Balaban J connectivity index is 1.44. The van der Waals surface area contributed by atoms with Gasteiger partial charge in [0.25, 0.3) is 0 Å². The molecule has 12 nitrogen and oxygen atoms in total. The molecule has 3 aromatic rings. The predicted octanol–water partition coefficient (Wildman–Crippen LogP) is 2.15. The van der Waals surface area contributed by atoms with Crippen LogP contribution in [0.4, 0.5) is 21.2 Å². The standard InChI is InChI=1S/C21H24N6O6S/c1-27(21(29)26-19(22)28)20-24-17-9-6-14(11-18(17)25-20)33-34(30,31)16-7-4-13(5-8-16)23-12-15-3-2-10-32-15/h4-9,11,15,23H,2-3,10,12H2,1H3,(H,24,25)(H3,22,26,28,29). The van der Waals surface area contributed by atoms with Crippen molar-refractivity contribution in [2.45, 2.75) is 23.8 Å². The number of aromatic amines is 1. The maximum atomic E-state index is 12.7. The first-order valence-electron chi connectivity index (χ1n) is 10.5. The monoisotopic (exact) mass is 488 g/mol. The summed E-state index contributed by atoms with van der Waals surface area (Å²) in [6, 6.07) is 8.92. The van der Waals surface area contributed by atoms with Crippen molar-refractivity contribution in [2.75, 3.05) is 30.4 Å². The quantitative estimate of drug-likeness (QED) is 0.367. The summed E-state index contributed by atoms with van der Waals surface area (Å²) >= 11 is 0. The summed E-state index contributed by atoms with van der Waals surface area (Å²) in [4.78, 5) is 30.9. The van der Waals surface area contributed by atoms with Crippen LogP contribution in [0.1, 0.15) is 12.8 Å². The number of H-pyrrole nitrogens is 1. The van der Waals surface area contributed by atoms with E-state index >= 15 is 0 Å². The van der Waals surface area contributed by atoms with Gasteiger partial charge in [0, 0.05) is 32.0 Å². The summed E-state index contributed by atoms with van der Waals surface area (Å²) < 4.78 is 36.3. The van der Waals surface area contributed by atoms with E-state index in [4.69, 9.17) is 14.7 Å². The highest BCUT2D eigenvalue weighted by Gasteiger charge is 2.20. The van der Waals surface area contributed by atoms with Crippen molar-refractivity contribution in [3.63, 3.8) is 0 Å². The first kappa shape index (κ1) is 23.3. The second kappa shape index (κ2) is 9.57. The summed E-state index contributed by atoms with van der Waals surface area (Å²) in [5.41, 5.74) is 6.62. The number of amides is 4. The van der Waals surface area contributed by atoms with Gasteiger partial charge in [0.1, 0.15) is 10.6 Å². The van der Waals surface area contributed by atoms with E-state index in [1.165, 1.54) is 37.4 Å². The molecule has 1 fully saturated rings. The Morgan fingerprint density at radius 3 is 2.71 bits per heavy atom. The lowest BCUT2D eigenvalue weighted by Crippen LogP contribution is -2.43. The molecule has 1 unspecified atom stereocenters. The number of hydrogen-bond acceptors (Lipinski definition) is 8. The van der Waals surface area contributed by atoms with Gasteiger partial charge < -0.3 is 25.0 Å². The fourth-order valence-corrected chi connectivity index (χ4v) is 4.35. The highest BCUT2D eigenvalue weighted by molar-refractivity contribution is 7.87. The van der Waals surface area contributed by atoms with Crippen LogP contribution in [0.5, 0.6) is 5.75 Å². The first-order valence-corrected chi connectivity index (χ1v) is 11.9. The minimum atomic E-state index is -4.08. The van der Waals surface area contributed by atoms with Crippen molar-refractivity contribution in [1.82, 2.24) is 15.3 Å². The molecular weight excluding hydrogens is 464 g/mol. The molecule has 0 saturated carbocycles. The lowest BCUT2D eigenvalue weighted by molar-refractivity contribution is 0.120. The normalized spacial score (nSPS) is 15.7. The summed E-state index contributed by atoms with van der Waals surface area (Å²) in [6.45, 7) is 1.43. The van der Waals surface area contributed by atoms with Crippen LogP contribution in [0, 0.1) is 0 Å². The van der Waals surface area contributed by atoms with E-state index in [9.17, 15) is 18.0 Å². The molecular formula is C21H24N6O6S.